The number of methoxy groups -OCH3 is 2. The van der Waals surface area contributed by atoms with Gasteiger partial charge in [0.25, 0.3) is 0 Å². The highest BCUT2D eigenvalue weighted by Gasteiger charge is 2.23. The smallest absolute Gasteiger partial charge is 0.124 e. The summed E-state index contributed by atoms with van der Waals surface area (Å²) < 4.78 is 10.2. The number of aromatic hydroxyl groups is 2. The van der Waals surface area contributed by atoms with Crippen molar-refractivity contribution in [1.82, 2.24) is 10.6 Å². The third-order valence-corrected chi connectivity index (χ3v) is 7.70. The average Bonchev–Trinajstić information content (AvgIpc) is 3.54. The van der Waals surface area contributed by atoms with Gasteiger partial charge in [-0.25, -0.2) is 0 Å². The van der Waals surface area contributed by atoms with Crippen molar-refractivity contribution in [2.45, 2.75) is 71.6 Å². The van der Waals surface area contributed by atoms with Crippen LogP contribution in [-0.4, -0.2) is 73.2 Å². The molecule has 3 aromatic carbocycles. The number of phenolic OH excluding ortho intramolecular Hbond substituents is 2. The van der Waals surface area contributed by atoms with E-state index in [9.17, 15) is 15.3 Å². The summed E-state index contributed by atoms with van der Waals surface area (Å²) in [5.41, 5.74) is 11.4. The lowest BCUT2D eigenvalue weighted by molar-refractivity contribution is 0.149. The molecule has 2 unspecified atom stereocenters. The number of nitrogens with zero attached hydrogens (tertiary/aromatic N) is 1. The van der Waals surface area contributed by atoms with E-state index in [-0.39, 0.29) is 17.2 Å². The Balaban J connectivity index is 0.000000247. The number of aliphatic imine (C=N–C) groups is 1. The Hall–Kier alpha value is -3.83. The number of rotatable bonds is 9. The number of ether oxygens (including phenoxy) is 2. The number of hydrogen-bond acceptors (Lipinski definition) is 10. The van der Waals surface area contributed by atoms with E-state index in [2.05, 4.69) is 49.4 Å². The van der Waals surface area contributed by atoms with Crippen molar-refractivity contribution in [2.24, 2.45) is 10.7 Å². The van der Waals surface area contributed by atoms with Crippen molar-refractivity contribution in [3.63, 3.8) is 0 Å². The van der Waals surface area contributed by atoms with Crippen LogP contribution in [0, 0.1) is 13.8 Å². The third kappa shape index (κ3) is 10.9. The molecule has 0 amide bonds. The second kappa shape index (κ2) is 17.8. The lowest BCUT2D eigenvalue weighted by Crippen LogP contribution is -2.24. The Morgan fingerprint density at radius 2 is 1.72 bits per heavy atom. The van der Waals surface area contributed by atoms with Gasteiger partial charge in [-0.2, -0.15) is 0 Å². The Labute approximate surface area is 274 Å². The van der Waals surface area contributed by atoms with Gasteiger partial charge in [0, 0.05) is 31.1 Å². The van der Waals surface area contributed by atoms with Gasteiger partial charge in [0.15, 0.2) is 0 Å². The largest absolute Gasteiger partial charge is 0.508 e. The number of likely N-dealkylation sites (N-methyl/N-ethyl adjacent to an activating group) is 1. The van der Waals surface area contributed by atoms with Gasteiger partial charge in [-0.1, -0.05) is 39.0 Å². The maximum absolute atomic E-state index is 10.5. The van der Waals surface area contributed by atoms with Gasteiger partial charge in [0.1, 0.15) is 28.8 Å². The topological polar surface area (TPSA) is 162 Å². The SMILES string of the molecule is CNC[C@H](O)c1cccc(O)c1.COc1ccc(OC)c(C(O)C(C)N)c1.Cc1cc(C(C)(C)C)c(O)c(C)c1CC1=NCCN1. The predicted octanol–water partition coefficient (Wildman–Crippen LogP) is 4.58. The Kier molecular flexibility index (Phi) is 14.8. The number of phenols is 2. The molecule has 8 N–H and O–H groups in total. The first-order chi connectivity index (χ1) is 21.6. The molecule has 10 nitrogen and oxygen atoms in total. The van der Waals surface area contributed by atoms with Gasteiger partial charge in [-0.15, -0.1) is 0 Å². The molecule has 3 aromatic rings. The highest BCUT2D eigenvalue weighted by molar-refractivity contribution is 5.86. The monoisotopic (exact) mass is 638 g/mol. The predicted molar refractivity (Wildman–Crippen MR) is 185 cm³/mol. The van der Waals surface area contributed by atoms with Gasteiger partial charge < -0.3 is 46.3 Å². The zero-order valence-corrected chi connectivity index (χ0v) is 28.8. The minimum absolute atomic E-state index is 0.0404. The minimum Gasteiger partial charge on any atom is -0.508 e. The summed E-state index contributed by atoms with van der Waals surface area (Å²) in [6.07, 6.45) is -0.521. The Bertz CT molecular complexity index is 1430. The molecule has 0 fully saturated rings. The summed E-state index contributed by atoms with van der Waals surface area (Å²) in [6, 6.07) is 13.6. The highest BCUT2D eigenvalue weighted by Crippen LogP contribution is 2.36. The van der Waals surface area contributed by atoms with E-state index in [1.54, 1.807) is 70.7 Å². The highest BCUT2D eigenvalue weighted by atomic mass is 16.5. The standard InChI is InChI=1S/C16H24N2O.C11H17NO3.C9H13NO2/c1-10-8-13(16(3,4)5)15(19)11(2)12(10)9-14-17-6-7-18-14;1-7(12)11(13)9-6-8(14-2)4-5-10(9)15-3;1-10-6-9(12)7-3-2-4-8(11)5-7/h8,19H,6-7,9H2,1-5H3,(H,17,18);4-7,11,13H,12H2,1-3H3;2-5,9-12H,6H2,1H3/t;;9-/m..0/s1. The average molecular weight is 639 g/mol. The molecule has 0 aliphatic carbocycles. The quantitative estimate of drug-likeness (QED) is 0.178. The second-order valence-electron chi connectivity index (χ2n) is 12.5. The van der Waals surface area contributed by atoms with E-state index in [0.717, 1.165) is 42.0 Å². The number of nitrogens with one attached hydrogen (secondary N) is 2. The van der Waals surface area contributed by atoms with Crippen molar-refractivity contribution in [1.29, 1.82) is 0 Å². The van der Waals surface area contributed by atoms with Gasteiger partial charge in [-0.3, -0.25) is 4.99 Å². The molecule has 3 atom stereocenters. The van der Waals surface area contributed by atoms with Gasteiger partial charge >= 0.3 is 0 Å². The molecule has 0 spiro atoms. The summed E-state index contributed by atoms with van der Waals surface area (Å²) in [5.74, 6) is 2.94. The molecule has 4 rings (SSSR count). The summed E-state index contributed by atoms with van der Waals surface area (Å²) >= 11 is 0. The molecular formula is C36H54N4O6. The fraction of sp³-hybridized carbons (Fsp3) is 0.472. The summed E-state index contributed by atoms with van der Waals surface area (Å²) in [4.78, 5) is 4.44. The van der Waals surface area contributed by atoms with E-state index in [4.69, 9.17) is 20.3 Å². The van der Waals surface area contributed by atoms with Crippen molar-refractivity contribution in [3.05, 3.63) is 81.9 Å². The second-order valence-corrected chi connectivity index (χ2v) is 12.5. The van der Waals surface area contributed by atoms with Crippen LogP contribution in [0.2, 0.25) is 0 Å². The van der Waals surface area contributed by atoms with Gasteiger partial charge in [0.05, 0.1) is 33.0 Å². The summed E-state index contributed by atoms with van der Waals surface area (Å²) in [5, 5.41) is 45.0. The normalized spacial score (nSPS) is 14.4. The molecule has 0 bridgehead atoms. The Morgan fingerprint density at radius 1 is 1.02 bits per heavy atom. The maximum atomic E-state index is 10.5. The van der Waals surface area contributed by atoms with Crippen LogP contribution in [0.4, 0.5) is 0 Å². The lowest BCUT2D eigenvalue weighted by atomic mass is 9.82. The van der Waals surface area contributed by atoms with Crippen LogP contribution in [0.5, 0.6) is 23.0 Å². The number of aryl methyl sites for hydroxylation is 1. The van der Waals surface area contributed by atoms with E-state index in [0.29, 0.717) is 29.4 Å². The molecule has 46 heavy (non-hydrogen) atoms. The molecule has 0 saturated carbocycles. The molecule has 0 saturated heterocycles. The van der Waals surface area contributed by atoms with E-state index in [1.807, 2.05) is 6.92 Å². The molecule has 10 heteroatoms. The fourth-order valence-electron chi connectivity index (χ4n) is 4.99. The van der Waals surface area contributed by atoms with Crippen LogP contribution in [0.25, 0.3) is 0 Å². The van der Waals surface area contributed by atoms with Crippen molar-refractivity contribution in [2.75, 3.05) is 40.9 Å². The van der Waals surface area contributed by atoms with Crippen LogP contribution in [0.3, 0.4) is 0 Å². The molecule has 0 aromatic heterocycles. The maximum Gasteiger partial charge on any atom is 0.124 e. The first-order valence-corrected chi connectivity index (χ1v) is 15.5. The number of nitrogens with two attached hydrogens (primary N) is 1. The van der Waals surface area contributed by atoms with Crippen LogP contribution in [0.1, 0.15) is 73.3 Å². The van der Waals surface area contributed by atoms with Crippen LogP contribution in [0.15, 0.2) is 53.5 Å². The first kappa shape index (κ1) is 38.4. The van der Waals surface area contributed by atoms with Crippen molar-refractivity contribution >= 4 is 5.84 Å². The third-order valence-electron chi connectivity index (χ3n) is 7.70. The van der Waals surface area contributed by atoms with Crippen LogP contribution >= 0.6 is 0 Å². The zero-order valence-electron chi connectivity index (χ0n) is 28.8. The minimum atomic E-state index is -0.755. The lowest BCUT2D eigenvalue weighted by Gasteiger charge is -2.24. The van der Waals surface area contributed by atoms with E-state index in [1.165, 1.54) is 11.1 Å². The van der Waals surface area contributed by atoms with Gasteiger partial charge in [-0.05, 0) is 91.4 Å². The summed E-state index contributed by atoms with van der Waals surface area (Å²) in [6.45, 7) is 14.5. The van der Waals surface area contributed by atoms with Crippen molar-refractivity contribution in [3.8, 4) is 23.0 Å². The molecular weight excluding hydrogens is 584 g/mol. The van der Waals surface area contributed by atoms with E-state index >= 15 is 0 Å². The zero-order chi connectivity index (χ0) is 34.6. The van der Waals surface area contributed by atoms with Crippen LogP contribution < -0.4 is 25.8 Å². The van der Waals surface area contributed by atoms with Crippen LogP contribution in [-0.2, 0) is 11.8 Å². The van der Waals surface area contributed by atoms with E-state index < -0.39 is 12.2 Å². The summed E-state index contributed by atoms with van der Waals surface area (Å²) in [7, 11) is 4.90. The molecule has 1 aliphatic rings. The fourth-order valence-corrected chi connectivity index (χ4v) is 4.99. The molecule has 1 heterocycles. The number of aliphatic hydroxyl groups excluding tert-OH is 2. The number of hydrogen-bond donors (Lipinski definition) is 7. The molecule has 0 radical (unpaired) electrons. The number of benzene rings is 3. The molecule has 254 valence electrons. The molecule has 1 aliphatic heterocycles. The van der Waals surface area contributed by atoms with Gasteiger partial charge in [0.2, 0.25) is 0 Å². The number of aliphatic hydroxyl groups is 2. The first-order valence-electron chi connectivity index (χ1n) is 15.5. The number of amidine groups is 1. The Morgan fingerprint density at radius 3 is 2.24 bits per heavy atom. The van der Waals surface area contributed by atoms with Crippen molar-refractivity contribution < 1.29 is 29.9 Å².